The first-order chi connectivity index (χ1) is 7.15. The van der Waals surface area contributed by atoms with Gasteiger partial charge >= 0.3 is 0 Å². The van der Waals surface area contributed by atoms with E-state index in [-0.39, 0.29) is 12.5 Å². The molecule has 0 aliphatic carbocycles. The highest BCUT2D eigenvalue weighted by atomic mass is 35.5. The van der Waals surface area contributed by atoms with Gasteiger partial charge in [0.15, 0.2) is 6.61 Å². The van der Waals surface area contributed by atoms with Crippen LogP contribution < -0.4 is 10.1 Å². The fourth-order valence-corrected chi connectivity index (χ4v) is 1.46. The lowest BCUT2D eigenvalue weighted by molar-refractivity contribution is -0.122. The summed E-state index contributed by atoms with van der Waals surface area (Å²) in [6.45, 7) is 4.35. The Morgan fingerprint density at radius 2 is 2.27 bits per heavy atom. The van der Waals surface area contributed by atoms with Crippen molar-refractivity contribution < 1.29 is 9.53 Å². The van der Waals surface area contributed by atoms with Gasteiger partial charge in [0, 0.05) is 6.54 Å². The molecule has 0 saturated heterocycles. The summed E-state index contributed by atoms with van der Waals surface area (Å²) in [7, 11) is 0. The van der Waals surface area contributed by atoms with E-state index in [9.17, 15) is 4.79 Å². The van der Waals surface area contributed by atoms with Crippen molar-refractivity contribution in [3.8, 4) is 5.75 Å². The van der Waals surface area contributed by atoms with Crippen molar-refractivity contribution >= 4 is 17.5 Å². The summed E-state index contributed by atoms with van der Waals surface area (Å²) >= 11 is 5.93. The van der Waals surface area contributed by atoms with Crippen LogP contribution in [0.25, 0.3) is 0 Å². The van der Waals surface area contributed by atoms with Crippen molar-refractivity contribution in [2.75, 3.05) is 13.2 Å². The molecular weight excluding hydrogens is 214 g/mol. The second kappa shape index (κ2) is 5.61. The monoisotopic (exact) mass is 227 g/mol. The van der Waals surface area contributed by atoms with Gasteiger partial charge in [0.1, 0.15) is 5.75 Å². The summed E-state index contributed by atoms with van der Waals surface area (Å²) in [6, 6.07) is 5.47. The number of carbonyl (C=O) groups excluding carboxylic acids is 1. The van der Waals surface area contributed by atoms with Crippen LogP contribution in [0.3, 0.4) is 0 Å². The number of amides is 1. The minimum Gasteiger partial charge on any atom is -0.482 e. The predicted octanol–water partition coefficient (Wildman–Crippen LogP) is 2.16. The van der Waals surface area contributed by atoms with E-state index in [4.69, 9.17) is 16.3 Å². The summed E-state index contributed by atoms with van der Waals surface area (Å²) in [4.78, 5) is 11.2. The lowest BCUT2D eigenvalue weighted by atomic mass is 10.2. The second-order valence-corrected chi connectivity index (χ2v) is 3.54. The van der Waals surface area contributed by atoms with Crippen LogP contribution in [-0.2, 0) is 4.79 Å². The average molecular weight is 228 g/mol. The first-order valence-electron chi connectivity index (χ1n) is 4.79. The molecule has 0 aliphatic rings. The molecule has 0 fully saturated rings. The second-order valence-electron chi connectivity index (χ2n) is 3.13. The van der Waals surface area contributed by atoms with Crippen LogP contribution in [0.2, 0.25) is 5.02 Å². The number of ether oxygens (including phenoxy) is 1. The van der Waals surface area contributed by atoms with Gasteiger partial charge < -0.3 is 10.1 Å². The van der Waals surface area contributed by atoms with Crippen molar-refractivity contribution in [2.24, 2.45) is 0 Å². The third-order valence-corrected chi connectivity index (χ3v) is 2.18. The number of halogens is 1. The van der Waals surface area contributed by atoms with Gasteiger partial charge in [0.25, 0.3) is 5.91 Å². The number of rotatable bonds is 4. The lowest BCUT2D eigenvalue weighted by Gasteiger charge is -2.10. The lowest BCUT2D eigenvalue weighted by Crippen LogP contribution is -2.28. The molecule has 0 saturated carbocycles. The zero-order valence-electron chi connectivity index (χ0n) is 8.84. The molecule has 0 atom stereocenters. The van der Waals surface area contributed by atoms with E-state index >= 15 is 0 Å². The predicted molar refractivity (Wildman–Crippen MR) is 60.4 cm³/mol. The maximum atomic E-state index is 11.2. The smallest absolute Gasteiger partial charge is 0.257 e. The van der Waals surface area contributed by atoms with E-state index in [1.165, 1.54) is 0 Å². The third kappa shape index (κ3) is 3.44. The Bertz CT molecular complexity index is 332. The minimum absolute atomic E-state index is 0.00157. The van der Waals surface area contributed by atoms with Crippen LogP contribution in [0.4, 0.5) is 0 Å². The minimum atomic E-state index is -0.142. The molecule has 0 aromatic heterocycles. The van der Waals surface area contributed by atoms with Gasteiger partial charge in [-0.25, -0.2) is 0 Å². The number of hydrogen-bond donors (Lipinski definition) is 1. The molecular formula is C11H14ClNO2. The van der Waals surface area contributed by atoms with Crippen molar-refractivity contribution in [1.29, 1.82) is 0 Å². The Hall–Kier alpha value is -1.22. The molecule has 1 rings (SSSR count). The van der Waals surface area contributed by atoms with Crippen LogP contribution in [0.5, 0.6) is 5.75 Å². The van der Waals surface area contributed by atoms with Gasteiger partial charge in [-0.05, 0) is 25.5 Å². The largest absolute Gasteiger partial charge is 0.482 e. The quantitative estimate of drug-likeness (QED) is 0.856. The molecule has 15 heavy (non-hydrogen) atoms. The fourth-order valence-electron chi connectivity index (χ4n) is 1.19. The van der Waals surface area contributed by atoms with Gasteiger partial charge in [0.2, 0.25) is 0 Å². The molecule has 4 heteroatoms. The molecule has 1 aromatic rings. The van der Waals surface area contributed by atoms with E-state index in [0.717, 1.165) is 5.56 Å². The molecule has 1 amide bonds. The number of para-hydroxylation sites is 1. The average Bonchev–Trinajstić information content (AvgIpc) is 2.17. The highest BCUT2D eigenvalue weighted by Crippen LogP contribution is 2.27. The summed E-state index contributed by atoms with van der Waals surface area (Å²) < 4.78 is 5.34. The molecule has 0 heterocycles. The molecule has 0 unspecified atom stereocenters. The standard InChI is InChI=1S/C11H14ClNO2/c1-3-13-10(14)7-15-11-8(2)5-4-6-9(11)12/h4-6H,3,7H2,1-2H3,(H,13,14). The normalized spacial score (nSPS) is 9.80. The summed E-state index contributed by atoms with van der Waals surface area (Å²) in [5.74, 6) is 0.433. The first-order valence-corrected chi connectivity index (χ1v) is 5.17. The molecule has 0 bridgehead atoms. The maximum absolute atomic E-state index is 11.2. The molecule has 0 aliphatic heterocycles. The van der Waals surface area contributed by atoms with Crippen LogP contribution in [-0.4, -0.2) is 19.1 Å². The van der Waals surface area contributed by atoms with Crippen LogP contribution in [0, 0.1) is 6.92 Å². The maximum Gasteiger partial charge on any atom is 0.257 e. The highest BCUT2D eigenvalue weighted by molar-refractivity contribution is 6.32. The molecule has 0 radical (unpaired) electrons. The van der Waals surface area contributed by atoms with Crippen molar-refractivity contribution in [1.82, 2.24) is 5.32 Å². The number of likely N-dealkylation sites (N-methyl/N-ethyl adjacent to an activating group) is 1. The molecule has 3 nitrogen and oxygen atoms in total. The van der Waals surface area contributed by atoms with E-state index in [1.54, 1.807) is 6.07 Å². The zero-order valence-corrected chi connectivity index (χ0v) is 9.60. The van der Waals surface area contributed by atoms with E-state index in [1.807, 2.05) is 26.0 Å². The van der Waals surface area contributed by atoms with E-state index in [0.29, 0.717) is 17.3 Å². The van der Waals surface area contributed by atoms with Crippen molar-refractivity contribution in [3.05, 3.63) is 28.8 Å². The summed E-state index contributed by atoms with van der Waals surface area (Å²) in [6.07, 6.45) is 0. The van der Waals surface area contributed by atoms with Crippen molar-refractivity contribution in [3.63, 3.8) is 0 Å². The number of nitrogens with one attached hydrogen (secondary N) is 1. The van der Waals surface area contributed by atoms with Gasteiger partial charge in [0.05, 0.1) is 5.02 Å². The Labute approximate surface area is 94.4 Å². The van der Waals surface area contributed by atoms with Gasteiger partial charge in [-0.1, -0.05) is 23.7 Å². The molecule has 82 valence electrons. The molecule has 1 aromatic carbocycles. The Morgan fingerprint density at radius 1 is 1.53 bits per heavy atom. The number of aryl methyl sites for hydroxylation is 1. The molecule has 1 N–H and O–H groups in total. The fraction of sp³-hybridized carbons (Fsp3) is 0.364. The third-order valence-electron chi connectivity index (χ3n) is 1.89. The SMILES string of the molecule is CCNC(=O)COc1c(C)cccc1Cl. The summed E-state index contributed by atoms with van der Waals surface area (Å²) in [5, 5.41) is 3.17. The van der Waals surface area contributed by atoms with E-state index < -0.39 is 0 Å². The number of carbonyl (C=O) groups is 1. The Balaban J connectivity index is 2.61. The van der Waals surface area contributed by atoms with Crippen molar-refractivity contribution in [2.45, 2.75) is 13.8 Å². The van der Waals surface area contributed by atoms with Crippen LogP contribution in [0.1, 0.15) is 12.5 Å². The zero-order chi connectivity index (χ0) is 11.3. The highest BCUT2D eigenvalue weighted by Gasteiger charge is 2.07. The number of benzene rings is 1. The Morgan fingerprint density at radius 3 is 2.87 bits per heavy atom. The van der Waals surface area contributed by atoms with E-state index in [2.05, 4.69) is 5.32 Å². The van der Waals surface area contributed by atoms with Crippen LogP contribution >= 0.6 is 11.6 Å². The van der Waals surface area contributed by atoms with Gasteiger partial charge in [-0.3, -0.25) is 4.79 Å². The topological polar surface area (TPSA) is 38.3 Å². The van der Waals surface area contributed by atoms with Gasteiger partial charge in [-0.2, -0.15) is 0 Å². The summed E-state index contributed by atoms with van der Waals surface area (Å²) in [5.41, 5.74) is 0.923. The Kier molecular flexibility index (Phi) is 4.43. The van der Waals surface area contributed by atoms with Crippen LogP contribution in [0.15, 0.2) is 18.2 Å². The molecule has 0 spiro atoms. The number of hydrogen-bond acceptors (Lipinski definition) is 2. The first kappa shape index (κ1) is 11.9. The van der Waals surface area contributed by atoms with Gasteiger partial charge in [-0.15, -0.1) is 0 Å².